The quantitative estimate of drug-likeness (QED) is 0.427. The molecule has 0 aliphatic rings. The molecule has 20 heavy (non-hydrogen) atoms. The van der Waals surface area contributed by atoms with Crippen LogP contribution in [0.3, 0.4) is 0 Å². The number of carboxylic acids is 1. The summed E-state index contributed by atoms with van der Waals surface area (Å²) >= 11 is 0. The molecule has 0 amide bonds. The van der Waals surface area contributed by atoms with Crippen LogP contribution >= 0.6 is 0 Å². The first-order chi connectivity index (χ1) is 9.58. The van der Waals surface area contributed by atoms with Crippen LogP contribution in [0.4, 0.5) is 0 Å². The minimum Gasteiger partial charge on any atom is -0.481 e. The van der Waals surface area contributed by atoms with E-state index in [0.29, 0.717) is 11.8 Å². The molecule has 0 saturated carbocycles. The zero-order valence-electron chi connectivity index (χ0n) is 14.2. The number of hydrogen-bond acceptors (Lipinski definition) is 1. The van der Waals surface area contributed by atoms with E-state index in [9.17, 15) is 9.90 Å². The zero-order chi connectivity index (χ0) is 15.4. The van der Waals surface area contributed by atoms with E-state index < -0.39 is 5.97 Å². The van der Waals surface area contributed by atoms with Crippen LogP contribution in [0.25, 0.3) is 0 Å². The smallest absolute Gasteiger partial charge is 0.306 e. The number of carboxylic acid groups (broad SMARTS) is 1. The van der Waals surface area contributed by atoms with Crippen LogP contribution in [-0.4, -0.2) is 11.1 Å². The van der Waals surface area contributed by atoms with Gasteiger partial charge in [-0.3, -0.25) is 4.79 Å². The molecule has 0 aliphatic carbocycles. The van der Waals surface area contributed by atoms with Crippen molar-refractivity contribution < 1.29 is 9.90 Å². The summed E-state index contributed by atoms with van der Waals surface area (Å²) < 4.78 is 0. The van der Waals surface area contributed by atoms with Gasteiger partial charge in [0, 0.05) is 0 Å². The molecule has 2 nitrogen and oxygen atoms in total. The molecule has 0 aromatic rings. The van der Waals surface area contributed by atoms with E-state index in [1.165, 1.54) is 38.5 Å². The van der Waals surface area contributed by atoms with Gasteiger partial charge >= 0.3 is 5.97 Å². The van der Waals surface area contributed by atoms with Crippen LogP contribution in [0.2, 0.25) is 0 Å². The second-order valence-electron chi connectivity index (χ2n) is 6.34. The van der Waals surface area contributed by atoms with Crippen molar-refractivity contribution in [1.29, 1.82) is 0 Å². The fourth-order valence-electron chi connectivity index (χ4n) is 3.20. The minimum absolute atomic E-state index is 0.127. The third-order valence-electron chi connectivity index (χ3n) is 4.65. The normalized spacial score (nSPS) is 14.4. The Morgan fingerprint density at radius 2 is 1.45 bits per heavy atom. The van der Waals surface area contributed by atoms with Gasteiger partial charge in [-0.05, 0) is 24.7 Å². The molecule has 2 unspecified atom stereocenters. The summed E-state index contributed by atoms with van der Waals surface area (Å²) in [5.74, 6) is 0.489. The number of carbonyl (C=O) groups is 1. The van der Waals surface area contributed by atoms with Crippen LogP contribution < -0.4 is 0 Å². The minimum atomic E-state index is -0.575. The highest BCUT2D eigenvalue weighted by molar-refractivity contribution is 5.69. The molecule has 0 heterocycles. The van der Waals surface area contributed by atoms with Gasteiger partial charge in [0.25, 0.3) is 0 Å². The molecule has 2 heteroatoms. The van der Waals surface area contributed by atoms with Gasteiger partial charge in [0.05, 0.1) is 5.92 Å². The van der Waals surface area contributed by atoms with Crippen LogP contribution in [0.1, 0.15) is 91.9 Å². The first kappa shape index (κ1) is 19.5. The molecule has 0 aliphatic heterocycles. The average molecular weight is 284 g/mol. The topological polar surface area (TPSA) is 37.3 Å². The summed E-state index contributed by atoms with van der Waals surface area (Å²) in [5.41, 5.74) is 0. The first-order valence-electron chi connectivity index (χ1n) is 8.81. The zero-order valence-corrected chi connectivity index (χ0v) is 14.2. The Labute approximate surface area is 126 Å². The summed E-state index contributed by atoms with van der Waals surface area (Å²) in [6.07, 6.45) is 11.3. The predicted octanol–water partition coefficient (Wildman–Crippen LogP) is 5.90. The van der Waals surface area contributed by atoms with Crippen molar-refractivity contribution in [2.45, 2.75) is 91.9 Å². The lowest BCUT2D eigenvalue weighted by Crippen LogP contribution is -2.21. The van der Waals surface area contributed by atoms with E-state index in [2.05, 4.69) is 27.7 Å². The highest BCUT2D eigenvalue weighted by Crippen LogP contribution is 2.29. The van der Waals surface area contributed by atoms with Crippen molar-refractivity contribution in [3.8, 4) is 0 Å². The summed E-state index contributed by atoms with van der Waals surface area (Å²) in [6.45, 7) is 8.79. The van der Waals surface area contributed by atoms with Crippen molar-refractivity contribution >= 4 is 5.97 Å². The molecule has 0 spiro atoms. The molecule has 0 saturated heterocycles. The van der Waals surface area contributed by atoms with Crippen molar-refractivity contribution in [2.24, 2.45) is 17.8 Å². The molecular weight excluding hydrogens is 248 g/mol. The largest absolute Gasteiger partial charge is 0.481 e. The van der Waals surface area contributed by atoms with E-state index in [-0.39, 0.29) is 5.92 Å². The number of aliphatic carboxylic acids is 1. The van der Waals surface area contributed by atoms with Gasteiger partial charge in [-0.2, -0.15) is 0 Å². The van der Waals surface area contributed by atoms with E-state index in [4.69, 9.17) is 0 Å². The molecular formula is C18H36O2. The Hall–Kier alpha value is -0.530. The van der Waals surface area contributed by atoms with Crippen LogP contribution in [0.15, 0.2) is 0 Å². The van der Waals surface area contributed by atoms with Crippen molar-refractivity contribution in [2.75, 3.05) is 0 Å². The van der Waals surface area contributed by atoms with E-state index in [0.717, 1.165) is 25.7 Å². The second kappa shape index (κ2) is 12.2. The Kier molecular flexibility index (Phi) is 11.9. The molecule has 2 atom stereocenters. The summed E-state index contributed by atoms with van der Waals surface area (Å²) in [7, 11) is 0. The molecule has 0 aromatic carbocycles. The predicted molar refractivity (Wildman–Crippen MR) is 87.0 cm³/mol. The lowest BCUT2D eigenvalue weighted by Gasteiger charge is -2.23. The third kappa shape index (κ3) is 8.60. The fraction of sp³-hybridized carbons (Fsp3) is 0.944. The number of hydrogen-bond donors (Lipinski definition) is 1. The van der Waals surface area contributed by atoms with Crippen LogP contribution in [-0.2, 0) is 4.79 Å². The highest BCUT2D eigenvalue weighted by Gasteiger charge is 2.24. The Morgan fingerprint density at radius 1 is 0.850 bits per heavy atom. The van der Waals surface area contributed by atoms with Gasteiger partial charge < -0.3 is 5.11 Å². The van der Waals surface area contributed by atoms with Gasteiger partial charge in [-0.15, -0.1) is 0 Å². The van der Waals surface area contributed by atoms with Gasteiger partial charge in [-0.25, -0.2) is 0 Å². The molecule has 0 radical (unpaired) electrons. The molecule has 0 rings (SSSR count). The van der Waals surface area contributed by atoms with Gasteiger partial charge in [0.1, 0.15) is 0 Å². The van der Waals surface area contributed by atoms with Crippen molar-refractivity contribution in [3.63, 3.8) is 0 Å². The molecule has 1 N–H and O–H groups in total. The molecule has 0 bridgehead atoms. The first-order valence-corrected chi connectivity index (χ1v) is 8.81. The maximum Gasteiger partial charge on any atom is 0.306 e. The summed E-state index contributed by atoms with van der Waals surface area (Å²) in [6, 6.07) is 0. The summed E-state index contributed by atoms with van der Waals surface area (Å²) in [4.78, 5) is 11.5. The number of unbranched alkanes of at least 4 members (excludes halogenated alkanes) is 2. The van der Waals surface area contributed by atoms with Gasteiger partial charge in [0.15, 0.2) is 0 Å². The Morgan fingerprint density at radius 3 is 1.90 bits per heavy atom. The Bertz CT molecular complexity index is 234. The lowest BCUT2D eigenvalue weighted by atomic mass is 9.82. The van der Waals surface area contributed by atoms with Gasteiger partial charge in [-0.1, -0.05) is 79.1 Å². The van der Waals surface area contributed by atoms with Gasteiger partial charge in [0.2, 0.25) is 0 Å². The average Bonchev–Trinajstić information content (AvgIpc) is 2.43. The SMILES string of the molecule is CCCCCC(CCC)CC(CC(CC)CC)C(=O)O. The van der Waals surface area contributed by atoms with E-state index in [1.54, 1.807) is 0 Å². The lowest BCUT2D eigenvalue weighted by molar-refractivity contribution is -0.143. The molecule has 120 valence electrons. The van der Waals surface area contributed by atoms with Crippen molar-refractivity contribution in [3.05, 3.63) is 0 Å². The van der Waals surface area contributed by atoms with E-state index in [1.807, 2.05) is 0 Å². The maximum atomic E-state index is 11.5. The second-order valence-corrected chi connectivity index (χ2v) is 6.34. The summed E-state index contributed by atoms with van der Waals surface area (Å²) in [5, 5.41) is 9.50. The van der Waals surface area contributed by atoms with Crippen molar-refractivity contribution in [1.82, 2.24) is 0 Å². The number of rotatable bonds is 13. The van der Waals surface area contributed by atoms with Crippen LogP contribution in [0, 0.1) is 17.8 Å². The monoisotopic (exact) mass is 284 g/mol. The third-order valence-corrected chi connectivity index (χ3v) is 4.65. The van der Waals surface area contributed by atoms with Crippen LogP contribution in [0.5, 0.6) is 0 Å². The standard InChI is InChI=1S/C18H36O2/c1-5-9-10-12-16(11-6-2)14-17(18(19)20)13-15(7-3)8-4/h15-17H,5-14H2,1-4H3,(H,19,20). The maximum absolute atomic E-state index is 11.5. The highest BCUT2D eigenvalue weighted by atomic mass is 16.4. The van der Waals surface area contributed by atoms with E-state index >= 15 is 0 Å². The molecule has 0 fully saturated rings. The Balaban J connectivity index is 4.44. The fourth-order valence-corrected chi connectivity index (χ4v) is 3.20. The molecule has 0 aromatic heterocycles.